The van der Waals surface area contributed by atoms with Crippen LogP contribution in [-0.2, 0) is 27.6 Å². The van der Waals surface area contributed by atoms with Crippen LogP contribution < -0.4 is 0 Å². The van der Waals surface area contributed by atoms with Gasteiger partial charge in [-0.1, -0.05) is 28.9 Å². The normalized spacial score (nSPS) is 16.5. The fourth-order valence-electron chi connectivity index (χ4n) is 3.12. The van der Waals surface area contributed by atoms with Gasteiger partial charge in [0.25, 0.3) is 12.3 Å². The quantitative estimate of drug-likeness (QED) is 0.321. The number of alkyl halides is 2. The maximum atomic E-state index is 13.9. The number of hydrogen-bond donors (Lipinski definition) is 0. The number of aromatic nitrogens is 2. The van der Waals surface area contributed by atoms with Gasteiger partial charge in [0.2, 0.25) is 0 Å². The predicted molar refractivity (Wildman–Crippen MR) is 110 cm³/mol. The number of oxime groups is 1. The molecule has 6 nitrogen and oxygen atoms in total. The van der Waals surface area contributed by atoms with E-state index >= 15 is 0 Å². The Kier molecular flexibility index (Phi) is 6.97. The van der Waals surface area contributed by atoms with Crippen LogP contribution in [-0.4, -0.2) is 45.2 Å². The monoisotopic (exact) mass is 460 g/mol. The lowest BCUT2D eigenvalue weighted by Gasteiger charge is -2.16. The summed E-state index contributed by atoms with van der Waals surface area (Å²) in [5.74, 6) is -0.347. The van der Waals surface area contributed by atoms with Gasteiger partial charge < -0.3 is 4.84 Å². The van der Waals surface area contributed by atoms with E-state index in [0.29, 0.717) is 5.56 Å². The molecule has 1 fully saturated rings. The Bertz CT molecular complexity index is 992. The first-order valence-corrected chi connectivity index (χ1v) is 11.2. The second kappa shape index (κ2) is 9.30. The Morgan fingerprint density at radius 3 is 2.80 bits per heavy atom. The van der Waals surface area contributed by atoms with E-state index in [2.05, 4.69) is 22.0 Å². The summed E-state index contributed by atoms with van der Waals surface area (Å²) in [5, 5.41) is 7.29. The third-order valence-electron chi connectivity index (χ3n) is 4.88. The maximum absolute atomic E-state index is 13.9. The minimum atomic E-state index is -2.80. The van der Waals surface area contributed by atoms with E-state index < -0.39 is 34.2 Å². The average molecular weight is 461 g/mol. The lowest BCUT2D eigenvalue weighted by Crippen LogP contribution is -2.19. The van der Waals surface area contributed by atoms with Crippen molar-refractivity contribution in [3.8, 4) is 0 Å². The zero-order chi connectivity index (χ0) is 21.9. The SMILES string of the molecule is C=NOC(=NCC1(c2cccc(F)c2Cl)CC1)c1cc(C(F)F)nn1CCS(C)=O. The van der Waals surface area contributed by atoms with E-state index in [4.69, 9.17) is 16.4 Å². The Morgan fingerprint density at radius 2 is 2.20 bits per heavy atom. The van der Waals surface area contributed by atoms with Gasteiger partial charge in [0.05, 0.1) is 18.1 Å². The Labute approximate surface area is 179 Å². The van der Waals surface area contributed by atoms with Crippen LogP contribution in [0.5, 0.6) is 0 Å². The van der Waals surface area contributed by atoms with Gasteiger partial charge in [-0.15, -0.1) is 0 Å². The maximum Gasteiger partial charge on any atom is 0.282 e. The molecule has 1 aliphatic rings. The highest BCUT2D eigenvalue weighted by atomic mass is 35.5. The molecule has 0 aliphatic heterocycles. The van der Waals surface area contributed by atoms with Gasteiger partial charge >= 0.3 is 0 Å². The van der Waals surface area contributed by atoms with Crippen molar-refractivity contribution in [1.82, 2.24) is 9.78 Å². The molecule has 0 spiro atoms. The largest absolute Gasteiger partial charge is 0.335 e. The van der Waals surface area contributed by atoms with Gasteiger partial charge in [0, 0.05) is 34.9 Å². The third kappa shape index (κ3) is 4.92. The average Bonchev–Trinajstić information content (AvgIpc) is 3.35. The fraction of sp³-hybridized carbons (Fsp3) is 0.421. The molecule has 0 saturated heterocycles. The van der Waals surface area contributed by atoms with Gasteiger partial charge in [0.15, 0.2) is 0 Å². The lowest BCUT2D eigenvalue weighted by molar-refractivity contribution is 0.145. The zero-order valence-electron chi connectivity index (χ0n) is 16.2. The molecule has 1 unspecified atom stereocenters. The van der Waals surface area contributed by atoms with Crippen LogP contribution in [0.15, 0.2) is 34.4 Å². The molecule has 11 heteroatoms. The second-order valence-corrected chi connectivity index (χ2v) is 8.91. The van der Waals surface area contributed by atoms with E-state index in [0.717, 1.165) is 18.9 Å². The van der Waals surface area contributed by atoms with Crippen LogP contribution in [0.4, 0.5) is 13.2 Å². The predicted octanol–water partition coefficient (Wildman–Crippen LogP) is 4.10. The summed E-state index contributed by atoms with van der Waals surface area (Å²) in [6, 6.07) is 5.76. The van der Waals surface area contributed by atoms with Crippen LogP contribution >= 0.6 is 11.6 Å². The Balaban J connectivity index is 1.94. The van der Waals surface area contributed by atoms with Crippen molar-refractivity contribution in [2.24, 2.45) is 10.1 Å². The summed E-state index contributed by atoms with van der Waals surface area (Å²) in [7, 11) is -1.15. The fourth-order valence-corrected chi connectivity index (χ4v) is 3.88. The van der Waals surface area contributed by atoms with Crippen LogP contribution in [0.3, 0.4) is 0 Å². The number of aliphatic imine (C=N–C) groups is 1. The number of hydrogen-bond acceptors (Lipinski definition) is 5. The summed E-state index contributed by atoms with van der Waals surface area (Å²) in [6.07, 6.45) is 0.194. The molecule has 0 N–H and O–H groups in total. The zero-order valence-corrected chi connectivity index (χ0v) is 17.7. The summed E-state index contributed by atoms with van der Waals surface area (Å²) in [5.41, 5.74) is -0.108. The highest BCUT2D eigenvalue weighted by Gasteiger charge is 2.46. The van der Waals surface area contributed by atoms with Crippen molar-refractivity contribution in [3.05, 3.63) is 52.1 Å². The van der Waals surface area contributed by atoms with Crippen LogP contribution in [0.2, 0.25) is 5.02 Å². The van der Waals surface area contributed by atoms with Crippen molar-refractivity contribution < 1.29 is 22.2 Å². The molecule has 1 aromatic carbocycles. The molecule has 1 aliphatic carbocycles. The van der Waals surface area contributed by atoms with Gasteiger partial charge in [-0.05, 0) is 30.5 Å². The van der Waals surface area contributed by atoms with Gasteiger partial charge in [-0.25, -0.2) is 18.2 Å². The second-order valence-electron chi connectivity index (χ2n) is 6.98. The molecular formula is C19H20ClF3N4O2S. The van der Waals surface area contributed by atoms with Gasteiger partial charge in [-0.2, -0.15) is 5.10 Å². The van der Waals surface area contributed by atoms with E-state index in [1.54, 1.807) is 12.1 Å². The first kappa shape index (κ1) is 22.5. The molecule has 162 valence electrons. The molecule has 0 bridgehead atoms. The number of nitrogens with zero attached hydrogens (tertiary/aromatic N) is 4. The molecule has 30 heavy (non-hydrogen) atoms. The van der Waals surface area contributed by atoms with E-state index in [1.807, 2.05) is 0 Å². The van der Waals surface area contributed by atoms with E-state index in [1.165, 1.54) is 17.0 Å². The molecule has 1 aromatic heterocycles. The highest BCUT2D eigenvalue weighted by Crippen LogP contribution is 2.51. The number of rotatable bonds is 9. The smallest absolute Gasteiger partial charge is 0.282 e. The van der Waals surface area contributed by atoms with Crippen molar-refractivity contribution in [2.75, 3.05) is 18.6 Å². The van der Waals surface area contributed by atoms with Crippen molar-refractivity contribution in [2.45, 2.75) is 31.2 Å². The first-order chi connectivity index (χ1) is 14.3. The molecule has 3 rings (SSSR count). The van der Waals surface area contributed by atoms with Gasteiger partial charge in [0.1, 0.15) is 17.2 Å². The number of aryl methyl sites for hydroxylation is 1. The summed E-state index contributed by atoms with van der Waals surface area (Å²) >= 11 is 6.14. The molecule has 0 amide bonds. The minimum Gasteiger partial charge on any atom is -0.335 e. The number of halogens is 4. The summed E-state index contributed by atoms with van der Waals surface area (Å²) in [6.45, 7) is 3.59. The van der Waals surface area contributed by atoms with E-state index in [-0.39, 0.29) is 35.5 Å². The van der Waals surface area contributed by atoms with Crippen LogP contribution in [0, 0.1) is 5.82 Å². The Hall–Kier alpha value is -2.20. The van der Waals surface area contributed by atoms with Crippen LogP contribution in [0.1, 0.15) is 36.2 Å². The first-order valence-electron chi connectivity index (χ1n) is 9.05. The Morgan fingerprint density at radius 1 is 1.47 bits per heavy atom. The number of benzene rings is 1. The lowest BCUT2D eigenvalue weighted by atomic mass is 9.96. The standard InChI is InChI=1S/C19H20ClF3N4O2S/c1-24-29-18(15-10-14(17(22)23)26-27(15)8-9-30(2)28)25-11-19(6-7-19)12-4-3-5-13(21)16(12)20/h3-5,10,17H,1,6-9,11H2,2H3. The summed E-state index contributed by atoms with van der Waals surface area (Å²) in [4.78, 5) is 9.58. The molecule has 2 aromatic rings. The molecule has 1 heterocycles. The van der Waals surface area contributed by atoms with Gasteiger partial charge in [-0.3, -0.25) is 8.89 Å². The topological polar surface area (TPSA) is 68.8 Å². The molecule has 0 radical (unpaired) electrons. The molecule has 1 atom stereocenters. The summed E-state index contributed by atoms with van der Waals surface area (Å²) < 4.78 is 53.0. The third-order valence-corrected chi connectivity index (χ3v) is 6.03. The van der Waals surface area contributed by atoms with Crippen molar-refractivity contribution in [3.63, 3.8) is 0 Å². The minimum absolute atomic E-state index is 0.0463. The molecular weight excluding hydrogens is 441 g/mol. The molecule has 1 saturated carbocycles. The van der Waals surface area contributed by atoms with Crippen molar-refractivity contribution in [1.29, 1.82) is 0 Å². The van der Waals surface area contributed by atoms with Crippen LogP contribution in [0.25, 0.3) is 0 Å². The van der Waals surface area contributed by atoms with Crippen molar-refractivity contribution >= 4 is 35.0 Å². The van der Waals surface area contributed by atoms with E-state index in [9.17, 15) is 17.4 Å². The highest BCUT2D eigenvalue weighted by molar-refractivity contribution is 7.84.